The predicted molar refractivity (Wildman–Crippen MR) is 121 cm³/mol. The lowest BCUT2D eigenvalue weighted by molar-refractivity contribution is -0.137. The molecule has 1 aliphatic heterocycles. The number of halogens is 4. The number of hydrogen-bond donors (Lipinski definition) is 5. The fourth-order valence-electron chi connectivity index (χ4n) is 3.11. The van der Waals surface area contributed by atoms with Crippen molar-refractivity contribution < 1.29 is 36.6 Å². The molecule has 0 spiro atoms. The number of hydrogen-bond acceptors (Lipinski definition) is 7. The van der Waals surface area contributed by atoms with Gasteiger partial charge in [0.2, 0.25) is 5.88 Å². The van der Waals surface area contributed by atoms with E-state index in [1.807, 2.05) is 0 Å². The third-order valence-electron chi connectivity index (χ3n) is 4.77. The van der Waals surface area contributed by atoms with Crippen LogP contribution < -0.4 is 31.3 Å². The predicted octanol–water partition coefficient (Wildman–Crippen LogP) is 5.15. The van der Waals surface area contributed by atoms with E-state index in [4.69, 9.17) is 4.74 Å². The molecule has 188 valence electrons. The molecule has 1 unspecified atom stereocenters. The third-order valence-corrected chi connectivity index (χ3v) is 4.77. The molecule has 0 saturated heterocycles. The van der Waals surface area contributed by atoms with E-state index in [2.05, 4.69) is 36.3 Å². The molecule has 0 fully saturated rings. The number of rotatable bonds is 5. The van der Waals surface area contributed by atoms with Gasteiger partial charge in [0, 0.05) is 11.8 Å². The molecule has 3 aromatic rings. The van der Waals surface area contributed by atoms with E-state index in [0.717, 1.165) is 0 Å². The number of alkyl halides is 3. The molecule has 2 aromatic carbocycles. The number of pyridine rings is 1. The topological polar surface area (TPSA) is 126 Å². The van der Waals surface area contributed by atoms with Crippen LogP contribution in [0, 0.1) is 5.82 Å². The molecule has 0 bridgehead atoms. The molecule has 5 N–H and O–H groups in total. The summed E-state index contributed by atoms with van der Waals surface area (Å²) in [7, 11) is 1.24. The van der Waals surface area contributed by atoms with Crippen LogP contribution in [0.2, 0.25) is 0 Å². The lowest BCUT2D eigenvalue weighted by Crippen LogP contribution is -2.42. The van der Waals surface area contributed by atoms with Crippen LogP contribution in [0.1, 0.15) is 5.56 Å². The van der Waals surface area contributed by atoms with Gasteiger partial charge in [0.25, 0.3) is 0 Å². The molecule has 1 aromatic heterocycles. The smallest absolute Gasteiger partial charge is 0.416 e. The van der Waals surface area contributed by atoms with E-state index in [1.165, 1.54) is 31.4 Å². The molecule has 1 aliphatic rings. The zero-order valence-corrected chi connectivity index (χ0v) is 18.4. The van der Waals surface area contributed by atoms with Gasteiger partial charge in [-0.05, 0) is 48.5 Å². The van der Waals surface area contributed by atoms with Crippen LogP contribution in [-0.2, 0) is 10.9 Å². The molecular weight excluding hydrogens is 488 g/mol. The summed E-state index contributed by atoms with van der Waals surface area (Å²) < 4.78 is 62.5. The van der Waals surface area contributed by atoms with Gasteiger partial charge in [-0.15, -0.1) is 0 Å². The van der Waals surface area contributed by atoms with Gasteiger partial charge in [-0.25, -0.2) is 14.0 Å². The highest BCUT2D eigenvalue weighted by atomic mass is 19.4. The van der Waals surface area contributed by atoms with Crippen molar-refractivity contribution in [3.63, 3.8) is 0 Å². The molecule has 36 heavy (non-hydrogen) atoms. The Bertz CT molecular complexity index is 1290. The van der Waals surface area contributed by atoms with Gasteiger partial charge in [0.1, 0.15) is 11.6 Å². The summed E-state index contributed by atoms with van der Waals surface area (Å²) >= 11 is 0. The van der Waals surface area contributed by atoms with Gasteiger partial charge in [-0.1, -0.05) is 0 Å². The largest absolute Gasteiger partial charge is 0.453 e. The quantitative estimate of drug-likeness (QED) is 0.303. The van der Waals surface area contributed by atoms with Crippen LogP contribution in [0.3, 0.4) is 0 Å². The highest BCUT2D eigenvalue weighted by molar-refractivity contribution is 5.99. The van der Waals surface area contributed by atoms with Crippen molar-refractivity contribution in [3.8, 4) is 11.6 Å². The molecule has 2 heterocycles. The average Bonchev–Trinajstić information content (AvgIpc) is 3.22. The van der Waals surface area contributed by atoms with Gasteiger partial charge < -0.3 is 30.7 Å². The van der Waals surface area contributed by atoms with E-state index < -0.39 is 41.7 Å². The molecule has 0 aliphatic carbocycles. The summed E-state index contributed by atoms with van der Waals surface area (Å²) in [6.45, 7) is 0. The first-order chi connectivity index (χ1) is 17.1. The van der Waals surface area contributed by atoms with Crippen LogP contribution in [0.25, 0.3) is 0 Å². The minimum Gasteiger partial charge on any atom is -0.453 e. The number of ether oxygens (including phenoxy) is 2. The second-order valence-electron chi connectivity index (χ2n) is 7.30. The highest BCUT2D eigenvalue weighted by Gasteiger charge is 2.31. The Kier molecular flexibility index (Phi) is 6.67. The first kappa shape index (κ1) is 24.4. The van der Waals surface area contributed by atoms with E-state index in [9.17, 15) is 27.2 Å². The van der Waals surface area contributed by atoms with E-state index in [1.54, 1.807) is 12.1 Å². The van der Waals surface area contributed by atoms with Crippen molar-refractivity contribution in [1.82, 2.24) is 10.3 Å². The Balaban J connectivity index is 1.35. The molecule has 10 nitrogen and oxygen atoms in total. The molecular formula is C22H18F4N6O4. The minimum atomic E-state index is -4.68. The number of aromatic nitrogens is 1. The van der Waals surface area contributed by atoms with Crippen molar-refractivity contribution in [1.29, 1.82) is 0 Å². The second kappa shape index (κ2) is 9.85. The lowest BCUT2D eigenvalue weighted by Gasteiger charge is -2.12. The SMILES string of the molecule is COC(=O)NC1Nc2ccc(Oc3ccc(NC(=O)Nc4cc(C(F)(F)F)ccc4F)cc3)nc2N1. The number of nitrogens with one attached hydrogen (secondary N) is 5. The number of carbonyl (C=O) groups is 2. The maximum atomic E-state index is 13.8. The number of fused-ring (bicyclic) bond motifs is 1. The zero-order chi connectivity index (χ0) is 25.9. The Labute approximate surface area is 201 Å². The molecule has 14 heteroatoms. The number of alkyl carbamates (subject to hydrolysis) is 1. The Morgan fingerprint density at radius 3 is 2.44 bits per heavy atom. The number of amides is 3. The molecule has 4 rings (SSSR count). The highest BCUT2D eigenvalue weighted by Crippen LogP contribution is 2.32. The summed E-state index contributed by atoms with van der Waals surface area (Å²) in [6, 6.07) is 10.0. The first-order valence-corrected chi connectivity index (χ1v) is 10.2. The van der Waals surface area contributed by atoms with Crippen molar-refractivity contribution in [3.05, 3.63) is 66.0 Å². The van der Waals surface area contributed by atoms with Gasteiger partial charge in [-0.3, -0.25) is 5.32 Å². The van der Waals surface area contributed by atoms with Crippen molar-refractivity contribution in [2.24, 2.45) is 0 Å². The normalized spacial score (nSPS) is 14.1. The van der Waals surface area contributed by atoms with E-state index in [0.29, 0.717) is 35.5 Å². The molecule has 3 amide bonds. The lowest BCUT2D eigenvalue weighted by atomic mass is 10.2. The fraction of sp³-hybridized carbons (Fsp3) is 0.136. The third kappa shape index (κ3) is 5.84. The number of benzene rings is 2. The van der Waals surface area contributed by atoms with E-state index >= 15 is 0 Å². The van der Waals surface area contributed by atoms with Crippen LogP contribution in [0.4, 0.5) is 50.0 Å². The monoisotopic (exact) mass is 506 g/mol. The van der Waals surface area contributed by atoms with Crippen molar-refractivity contribution >= 4 is 35.0 Å². The minimum absolute atomic E-state index is 0.236. The van der Waals surface area contributed by atoms with Gasteiger partial charge in [0.05, 0.1) is 24.0 Å². The van der Waals surface area contributed by atoms with Crippen molar-refractivity contribution in [2.75, 3.05) is 28.4 Å². The standard InChI is InChI=1S/C22H18F4N6O4/c1-35-21(34)32-19-28-15-8-9-17(30-18(15)31-19)36-13-5-3-12(4-6-13)27-20(33)29-16-10-11(22(24,25)26)2-7-14(16)23/h2-10,19,28H,1H3,(H,30,31)(H,32,34)(H2,27,29,33). The Morgan fingerprint density at radius 2 is 1.75 bits per heavy atom. The summed E-state index contributed by atoms with van der Waals surface area (Å²) in [6.07, 6.45) is -5.93. The Hall–Kier alpha value is -4.75. The van der Waals surface area contributed by atoms with Crippen molar-refractivity contribution in [2.45, 2.75) is 12.5 Å². The fourth-order valence-corrected chi connectivity index (χ4v) is 3.11. The number of carbonyl (C=O) groups excluding carboxylic acids is 2. The van der Waals surface area contributed by atoms with Gasteiger partial charge >= 0.3 is 18.3 Å². The number of nitrogens with zero attached hydrogens (tertiary/aromatic N) is 1. The first-order valence-electron chi connectivity index (χ1n) is 10.2. The van der Waals surface area contributed by atoms with Gasteiger partial charge in [0.15, 0.2) is 12.1 Å². The maximum Gasteiger partial charge on any atom is 0.416 e. The van der Waals surface area contributed by atoms with Crippen LogP contribution in [-0.4, -0.2) is 30.5 Å². The van der Waals surface area contributed by atoms with Crippen LogP contribution in [0.5, 0.6) is 11.6 Å². The summed E-state index contributed by atoms with van der Waals surface area (Å²) in [4.78, 5) is 27.8. The maximum absolute atomic E-state index is 13.8. The molecule has 1 atom stereocenters. The van der Waals surface area contributed by atoms with Gasteiger partial charge in [-0.2, -0.15) is 18.2 Å². The number of anilines is 4. The molecule has 0 saturated carbocycles. The second-order valence-corrected chi connectivity index (χ2v) is 7.30. The van der Waals surface area contributed by atoms with Crippen LogP contribution >= 0.6 is 0 Å². The zero-order valence-electron chi connectivity index (χ0n) is 18.4. The molecule has 0 radical (unpaired) electrons. The summed E-state index contributed by atoms with van der Waals surface area (Å²) in [5.74, 6) is 0.0271. The summed E-state index contributed by atoms with van der Waals surface area (Å²) in [5, 5.41) is 12.9. The average molecular weight is 506 g/mol. The number of methoxy groups -OCH3 is 1. The number of urea groups is 1. The van der Waals surface area contributed by atoms with E-state index in [-0.39, 0.29) is 11.6 Å². The summed E-state index contributed by atoms with van der Waals surface area (Å²) in [5.41, 5.74) is -0.803. The Morgan fingerprint density at radius 1 is 1.00 bits per heavy atom. The van der Waals surface area contributed by atoms with Crippen LogP contribution in [0.15, 0.2) is 54.6 Å².